The average molecular weight is 477 g/mol. The third kappa shape index (κ3) is 4.32. The molecule has 0 bridgehead atoms. The first-order valence-corrected chi connectivity index (χ1v) is 11.1. The minimum absolute atomic E-state index is 0.0475. The second-order valence-electron chi connectivity index (χ2n) is 7.52. The summed E-state index contributed by atoms with van der Waals surface area (Å²) in [6.07, 6.45) is 1.68. The molecule has 0 aliphatic carbocycles. The predicted octanol–water partition coefficient (Wildman–Crippen LogP) is 5.41. The zero-order valence-corrected chi connectivity index (χ0v) is 19.2. The number of carbonyl (C=O) groups is 1. The molecule has 6 nitrogen and oxygen atoms in total. The zero-order chi connectivity index (χ0) is 19.9. The Morgan fingerprint density at radius 1 is 1.44 bits per heavy atom. The fourth-order valence-corrected chi connectivity index (χ4v) is 4.68. The lowest BCUT2D eigenvalue weighted by atomic mass is 10.2. The summed E-state index contributed by atoms with van der Waals surface area (Å²) in [6, 6.07) is 2.42. The van der Waals surface area contributed by atoms with Gasteiger partial charge in [-0.05, 0) is 55.9 Å². The number of rotatable bonds is 2. The first-order valence-electron chi connectivity index (χ1n) is 8.68. The van der Waals surface area contributed by atoms with Gasteiger partial charge >= 0.3 is 6.09 Å². The van der Waals surface area contributed by atoms with Crippen LogP contribution in [0.3, 0.4) is 0 Å². The van der Waals surface area contributed by atoms with Gasteiger partial charge in [0, 0.05) is 25.7 Å². The van der Waals surface area contributed by atoms with Crippen LogP contribution < -0.4 is 4.90 Å². The van der Waals surface area contributed by atoms with Crippen molar-refractivity contribution in [2.45, 2.75) is 44.2 Å². The van der Waals surface area contributed by atoms with E-state index >= 15 is 0 Å². The summed E-state index contributed by atoms with van der Waals surface area (Å²) in [5.41, 5.74) is 0.927. The second-order valence-corrected chi connectivity index (χ2v) is 9.59. The van der Waals surface area contributed by atoms with E-state index in [0.717, 1.165) is 14.9 Å². The van der Waals surface area contributed by atoms with Gasteiger partial charge in [-0.1, -0.05) is 11.6 Å². The maximum absolute atomic E-state index is 12.3. The first-order chi connectivity index (χ1) is 12.6. The predicted molar refractivity (Wildman–Crippen MR) is 113 cm³/mol. The lowest BCUT2D eigenvalue weighted by Gasteiger charge is -2.39. The number of hydrogen-bond acceptors (Lipinski definition) is 6. The summed E-state index contributed by atoms with van der Waals surface area (Å²) >= 11 is 11.4. The van der Waals surface area contributed by atoms with Crippen LogP contribution in [-0.4, -0.2) is 53.5 Å². The van der Waals surface area contributed by atoms with Crippen molar-refractivity contribution in [3.63, 3.8) is 0 Å². The van der Waals surface area contributed by atoms with Gasteiger partial charge in [-0.25, -0.2) is 4.79 Å². The zero-order valence-electron chi connectivity index (χ0n) is 16.0. The third-order valence-electron chi connectivity index (χ3n) is 4.25. The molecule has 1 aromatic carbocycles. The number of amides is 1. The Labute approximate surface area is 176 Å². The van der Waals surface area contributed by atoms with Crippen molar-refractivity contribution in [1.29, 1.82) is 0 Å². The molecule has 1 aromatic heterocycles. The molecule has 2 heterocycles. The molecule has 0 spiro atoms. The molecular formula is C18H23BrClN3O3S. The molecule has 2 aromatic rings. The van der Waals surface area contributed by atoms with Gasteiger partial charge in [0.15, 0.2) is 5.58 Å². The Bertz CT molecular complexity index is 868. The van der Waals surface area contributed by atoms with E-state index in [1.165, 1.54) is 0 Å². The van der Waals surface area contributed by atoms with E-state index < -0.39 is 5.60 Å². The Morgan fingerprint density at radius 3 is 2.74 bits per heavy atom. The van der Waals surface area contributed by atoms with E-state index in [1.54, 1.807) is 16.7 Å². The normalized spacial score (nSPS) is 18.3. The minimum Gasteiger partial charge on any atom is -0.444 e. The van der Waals surface area contributed by atoms with Crippen molar-refractivity contribution < 1.29 is 13.9 Å². The van der Waals surface area contributed by atoms with Crippen LogP contribution in [-0.2, 0) is 4.74 Å². The van der Waals surface area contributed by atoms with Crippen molar-refractivity contribution in [1.82, 2.24) is 9.88 Å². The van der Waals surface area contributed by atoms with Gasteiger partial charge in [0.05, 0.1) is 14.4 Å². The molecule has 0 N–H and O–H groups in total. The van der Waals surface area contributed by atoms with Crippen molar-refractivity contribution in [2.24, 2.45) is 0 Å². The number of halogens is 2. The van der Waals surface area contributed by atoms with Gasteiger partial charge in [-0.3, -0.25) is 0 Å². The van der Waals surface area contributed by atoms with Crippen LogP contribution in [0.25, 0.3) is 11.1 Å². The number of hydrogen-bond donors (Lipinski definition) is 0. The summed E-state index contributed by atoms with van der Waals surface area (Å²) in [6.45, 7) is 9.37. The number of carbonyl (C=O) groups excluding carboxylic acids is 1. The van der Waals surface area contributed by atoms with Gasteiger partial charge in [-0.2, -0.15) is 4.98 Å². The highest BCUT2D eigenvalue weighted by Gasteiger charge is 2.32. The van der Waals surface area contributed by atoms with Gasteiger partial charge in [0.25, 0.3) is 6.01 Å². The smallest absolute Gasteiger partial charge is 0.410 e. The van der Waals surface area contributed by atoms with Crippen LogP contribution in [0.5, 0.6) is 0 Å². The number of benzene rings is 1. The lowest BCUT2D eigenvalue weighted by molar-refractivity contribution is 0.0216. The number of ether oxygens (including phenoxy) is 1. The molecule has 0 saturated carbocycles. The minimum atomic E-state index is -0.502. The Morgan fingerprint density at radius 2 is 2.15 bits per heavy atom. The highest BCUT2D eigenvalue weighted by Crippen LogP contribution is 2.39. The van der Waals surface area contributed by atoms with Gasteiger partial charge in [-0.15, -0.1) is 11.8 Å². The van der Waals surface area contributed by atoms with E-state index in [1.807, 2.05) is 40.0 Å². The molecule has 1 fully saturated rings. The van der Waals surface area contributed by atoms with Crippen LogP contribution in [0, 0.1) is 0 Å². The van der Waals surface area contributed by atoms with E-state index in [9.17, 15) is 4.79 Å². The molecule has 0 radical (unpaired) electrons. The molecule has 1 amide bonds. The first kappa shape index (κ1) is 20.6. The number of aromatic nitrogens is 1. The molecule has 1 aliphatic heterocycles. The molecule has 1 saturated heterocycles. The van der Waals surface area contributed by atoms with Crippen molar-refractivity contribution in [3.05, 3.63) is 15.6 Å². The summed E-state index contributed by atoms with van der Waals surface area (Å²) in [5, 5.41) is 0.643. The maximum atomic E-state index is 12.3. The number of oxazole rings is 1. The Hall–Kier alpha value is -1.12. The van der Waals surface area contributed by atoms with E-state index in [2.05, 4.69) is 20.8 Å². The van der Waals surface area contributed by atoms with Crippen LogP contribution in [0.15, 0.2) is 19.9 Å². The molecular weight excluding hydrogens is 454 g/mol. The molecule has 0 unspecified atom stereocenters. The quantitative estimate of drug-likeness (QED) is 0.540. The molecule has 1 aliphatic rings. The summed E-state index contributed by atoms with van der Waals surface area (Å²) < 4.78 is 12.3. The van der Waals surface area contributed by atoms with E-state index in [0.29, 0.717) is 36.3 Å². The van der Waals surface area contributed by atoms with Crippen molar-refractivity contribution in [3.8, 4) is 0 Å². The number of thioether (sulfide) groups is 1. The van der Waals surface area contributed by atoms with Gasteiger partial charge < -0.3 is 19.0 Å². The number of anilines is 1. The fraction of sp³-hybridized carbons (Fsp3) is 0.556. The topological polar surface area (TPSA) is 58.8 Å². The third-order valence-corrected chi connectivity index (χ3v) is 6.07. The van der Waals surface area contributed by atoms with Crippen LogP contribution in [0.2, 0.25) is 5.02 Å². The van der Waals surface area contributed by atoms with Gasteiger partial charge in [0.2, 0.25) is 0 Å². The molecule has 3 rings (SSSR count). The summed E-state index contributed by atoms with van der Waals surface area (Å²) in [5.74, 6) is 0. The monoisotopic (exact) mass is 475 g/mol. The summed E-state index contributed by atoms with van der Waals surface area (Å²) in [7, 11) is 0. The van der Waals surface area contributed by atoms with Crippen LogP contribution >= 0.6 is 39.3 Å². The van der Waals surface area contributed by atoms with E-state index in [-0.39, 0.29) is 12.1 Å². The molecule has 9 heteroatoms. The van der Waals surface area contributed by atoms with Crippen molar-refractivity contribution >= 4 is 62.5 Å². The molecule has 27 heavy (non-hydrogen) atoms. The highest BCUT2D eigenvalue weighted by atomic mass is 79.9. The number of piperazine rings is 1. The number of nitrogens with zero attached hydrogens (tertiary/aromatic N) is 3. The van der Waals surface area contributed by atoms with Crippen LogP contribution in [0.4, 0.5) is 10.8 Å². The largest absolute Gasteiger partial charge is 0.444 e. The second kappa shape index (κ2) is 7.72. The average Bonchev–Trinajstić information content (AvgIpc) is 2.98. The maximum Gasteiger partial charge on any atom is 0.410 e. The summed E-state index contributed by atoms with van der Waals surface area (Å²) in [4.78, 5) is 21.7. The van der Waals surface area contributed by atoms with Crippen LogP contribution in [0.1, 0.15) is 27.7 Å². The molecule has 1 atom stereocenters. The van der Waals surface area contributed by atoms with Crippen molar-refractivity contribution in [2.75, 3.05) is 30.8 Å². The lowest BCUT2D eigenvalue weighted by Crippen LogP contribution is -2.54. The fourth-order valence-electron chi connectivity index (χ4n) is 3.03. The molecule has 148 valence electrons. The van der Waals surface area contributed by atoms with Gasteiger partial charge in [0.1, 0.15) is 11.1 Å². The SMILES string of the molecule is CSc1c(Cl)cc(Br)c2oc(N3CCN(C(=O)OC(C)(C)C)C[C@@H]3C)nc12. The highest BCUT2D eigenvalue weighted by molar-refractivity contribution is 9.10. The standard InChI is InChI=1S/C18H23BrClN3O3S/c1-10-9-22(17(24)26-18(2,3)4)6-7-23(10)16-21-13-14(25-16)11(19)8-12(20)15(13)27-5/h8,10H,6-7,9H2,1-5H3/t10-/m0/s1. The number of fused-ring (bicyclic) bond motifs is 1. The Balaban J connectivity index is 1.82. The Kier molecular flexibility index (Phi) is 5.89. The van der Waals surface area contributed by atoms with E-state index in [4.69, 9.17) is 25.7 Å².